The molecule has 0 aliphatic heterocycles. The van der Waals surface area contributed by atoms with Crippen molar-refractivity contribution in [2.45, 2.75) is 6.10 Å². The van der Waals surface area contributed by atoms with E-state index in [0.717, 1.165) is 0 Å². The molecule has 0 aliphatic rings. The quantitative estimate of drug-likeness (QED) is 0.571. The molecule has 0 amide bonds. The summed E-state index contributed by atoms with van der Waals surface area (Å²) < 4.78 is 1.53. The van der Waals surface area contributed by atoms with Gasteiger partial charge in [0, 0.05) is 13.2 Å². The van der Waals surface area contributed by atoms with Gasteiger partial charge in [0.25, 0.3) is 0 Å². The second kappa shape index (κ2) is 2.62. The van der Waals surface area contributed by atoms with Crippen LogP contribution >= 0.6 is 0 Å². The van der Waals surface area contributed by atoms with Gasteiger partial charge in [-0.15, -0.1) is 0 Å². The van der Waals surface area contributed by atoms with E-state index in [1.807, 2.05) is 0 Å². The normalized spacial score (nSPS) is 13.0. The maximum atomic E-state index is 10.0. The van der Waals surface area contributed by atoms with Crippen molar-refractivity contribution in [3.05, 3.63) is 18.0 Å². The van der Waals surface area contributed by atoms with Gasteiger partial charge >= 0.3 is 0 Å². The lowest BCUT2D eigenvalue weighted by atomic mass is 10.3. The third-order valence-electron chi connectivity index (χ3n) is 1.17. The number of carbonyl (C=O) groups is 1. The third kappa shape index (κ3) is 1.22. The SMILES string of the molecule is Cn1ccc(C(O)C=O)n1. The molecule has 0 spiro atoms. The molecule has 0 bridgehead atoms. The molecule has 1 aromatic heterocycles. The second-order valence-electron chi connectivity index (χ2n) is 2.00. The Kier molecular flexibility index (Phi) is 1.82. The van der Waals surface area contributed by atoms with Crippen molar-refractivity contribution in [2.75, 3.05) is 0 Å². The first kappa shape index (κ1) is 6.95. The number of carbonyl (C=O) groups excluding carboxylic acids is 1. The molecule has 0 aliphatic carbocycles. The summed E-state index contributed by atoms with van der Waals surface area (Å²) in [6.07, 6.45) is 1.03. The summed E-state index contributed by atoms with van der Waals surface area (Å²) in [5.41, 5.74) is 0.387. The van der Waals surface area contributed by atoms with Crippen molar-refractivity contribution in [3.8, 4) is 0 Å². The van der Waals surface area contributed by atoms with Crippen molar-refractivity contribution >= 4 is 6.29 Å². The Bertz CT molecular complexity index is 231. The fourth-order valence-electron chi connectivity index (χ4n) is 0.660. The molecule has 0 radical (unpaired) electrons. The van der Waals surface area contributed by atoms with Gasteiger partial charge in [-0.2, -0.15) is 5.10 Å². The number of nitrogens with zero attached hydrogens (tertiary/aromatic N) is 2. The van der Waals surface area contributed by atoms with Crippen molar-refractivity contribution in [1.82, 2.24) is 9.78 Å². The van der Waals surface area contributed by atoms with Gasteiger partial charge in [0.05, 0.1) is 5.69 Å². The van der Waals surface area contributed by atoms with Gasteiger partial charge in [0.15, 0.2) is 12.4 Å². The Morgan fingerprint density at radius 2 is 2.60 bits per heavy atom. The van der Waals surface area contributed by atoms with Crippen molar-refractivity contribution in [1.29, 1.82) is 0 Å². The zero-order valence-corrected chi connectivity index (χ0v) is 5.56. The predicted molar refractivity (Wildman–Crippen MR) is 34.2 cm³/mol. The Morgan fingerprint density at radius 1 is 1.90 bits per heavy atom. The fourth-order valence-corrected chi connectivity index (χ4v) is 0.660. The average molecular weight is 140 g/mol. The van der Waals surface area contributed by atoms with E-state index < -0.39 is 6.10 Å². The Hall–Kier alpha value is -1.16. The summed E-state index contributed by atoms with van der Waals surface area (Å²) in [5.74, 6) is 0. The molecule has 54 valence electrons. The van der Waals surface area contributed by atoms with E-state index in [4.69, 9.17) is 5.11 Å². The number of aryl methyl sites for hydroxylation is 1. The van der Waals surface area contributed by atoms with Crippen LogP contribution in [-0.4, -0.2) is 21.2 Å². The van der Waals surface area contributed by atoms with Gasteiger partial charge in [-0.25, -0.2) is 0 Å². The minimum absolute atomic E-state index is 0.387. The van der Waals surface area contributed by atoms with Crippen LogP contribution in [0.15, 0.2) is 12.3 Å². The summed E-state index contributed by atoms with van der Waals surface area (Å²) in [6.45, 7) is 0. The minimum Gasteiger partial charge on any atom is -0.379 e. The smallest absolute Gasteiger partial charge is 0.154 e. The highest BCUT2D eigenvalue weighted by Gasteiger charge is 2.06. The Morgan fingerprint density at radius 3 is 3.00 bits per heavy atom. The lowest BCUT2D eigenvalue weighted by Gasteiger charge is -1.94. The molecule has 4 heteroatoms. The van der Waals surface area contributed by atoms with Gasteiger partial charge < -0.3 is 9.90 Å². The molecule has 1 rings (SSSR count). The maximum Gasteiger partial charge on any atom is 0.154 e. The number of aliphatic hydroxyl groups excluding tert-OH is 1. The summed E-state index contributed by atoms with van der Waals surface area (Å²) >= 11 is 0. The van der Waals surface area contributed by atoms with Crippen molar-refractivity contribution < 1.29 is 9.90 Å². The fraction of sp³-hybridized carbons (Fsp3) is 0.333. The molecule has 1 aromatic rings. The van der Waals surface area contributed by atoms with Crippen molar-refractivity contribution in [2.24, 2.45) is 7.05 Å². The maximum absolute atomic E-state index is 10.0. The van der Waals surface area contributed by atoms with Crippen LogP contribution in [0, 0.1) is 0 Å². The highest BCUT2D eigenvalue weighted by molar-refractivity contribution is 5.57. The Labute approximate surface area is 58.1 Å². The first-order chi connectivity index (χ1) is 4.74. The van der Waals surface area contributed by atoms with Crippen molar-refractivity contribution in [3.63, 3.8) is 0 Å². The topological polar surface area (TPSA) is 55.1 Å². The van der Waals surface area contributed by atoms with Crippen LogP contribution in [0.3, 0.4) is 0 Å². The largest absolute Gasteiger partial charge is 0.379 e. The van der Waals surface area contributed by atoms with E-state index in [9.17, 15) is 4.79 Å². The van der Waals surface area contributed by atoms with E-state index >= 15 is 0 Å². The molecular weight excluding hydrogens is 132 g/mol. The number of hydrogen-bond acceptors (Lipinski definition) is 3. The summed E-state index contributed by atoms with van der Waals surface area (Å²) in [6, 6.07) is 1.60. The summed E-state index contributed by atoms with van der Waals surface area (Å²) in [5, 5.41) is 12.7. The van der Waals surface area contributed by atoms with E-state index in [-0.39, 0.29) is 0 Å². The first-order valence-corrected chi connectivity index (χ1v) is 2.87. The monoisotopic (exact) mass is 140 g/mol. The molecule has 0 aromatic carbocycles. The third-order valence-corrected chi connectivity index (χ3v) is 1.17. The number of aromatic nitrogens is 2. The van der Waals surface area contributed by atoms with E-state index in [1.54, 1.807) is 19.3 Å². The van der Waals surface area contributed by atoms with Gasteiger partial charge in [-0.3, -0.25) is 4.68 Å². The van der Waals surface area contributed by atoms with E-state index in [2.05, 4.69) is 5.10 Å². The molecule has 10 heavy (non-hydrogen) atoms. The first-order valence-electron chi connectivity index (χ1n) is 2.87. The molecule has 1 unspecified atom stereocenters. The standard InChI is InChI=1S/C6H8N2O2/c1-8-3-2-5(7-8)6(10)4-9/h2-4,6,10H,1H3. The minimum atomic E-state index is -1.08. The van der Waals surface area contributed by atoms with E-state index in [1.165, 1.54) is 4.68 Å². The number of aldehydes is 1. The van der Waals surface area contributed by atoms with Crippen LogP contribution in [0.4, 0.5) is 0 Å². The molecule has 0 saturated carbocycles. The van der Waals surface area contributed by atoms with Gasteiger partial charge in [0.2, 0.25) is 0 Å². The highest BCUT2D eigenvalue weighted by atomic mass is 16.3. The van der Waals surface area contributed by atoms with Gasteiger partial charge in [-0.05, 0) is 6.07 Å². The molecule has 1 heterocycles. The summed E-state index contributed by atoms with van der Waals surface area (Å²) in [4.78, 5) is 10.0. The van der Waals surface area contributed by atoms with Crippen LogP contribution in [-0.2, 0) is 11.8 Å². The zero-order chi connectivity index (χ0) is 7.56. The number of aliphatic hydroxyl groups is 1. The van der Waals surface area contributed by atoms with Crippen LogP contribution in [0.25, 0.3) is 0 Å². The molecular formula is C6H8N2O2. The lowest BCUT2D eigenvalue weighted by Crippen LogP contribution is -2.00. The van der Waals surface area contributed by atoms with Crippen LogP contribution < -0.4 is 0 Å². The molecule has 0 fully saturated rings. The predicted octanol–water partition coefficient (Wildman–Crippen LogP) is -0.348. The van der Waals surface area contributed by atoms with Crippen LogP contribution in [0.2, 0.25) is 0 Å². The van der Waals surface area contributed by atoms with E-state index in [0.29, 0.717) is 12.0 Å². The van der Waals surface area contributed by atoms with Gasteiger partial charge in [0.1, 0.15) is 0 Å². The van der Waals surface area contributed by atoms with Crippen LogP contribution in [0.1, 0.15) is 11.8 Å². The molecule has 4 nitrogen and oxygen atoms in total. The lowest BCUT2D eigenvalue weighted by molar-refractivity contribution is -0.115. The number of hydrogen-bond donors (Lipinski definition) is 1. The highest BCUT2D eigenvalue weighted by Crippen LogP contribution is 2.04. The Balaban J connectivity index is 2.84. The summed E-state index contributed by atoms with van der Waals surface area (Å²) in [7, 11) is 1.72. The zero-order valence-electron chi connectivity index (χ0n) is 5.56. The number of rotatable bonds is 2. The molecule has 0 saturated heterocycles. The second-order valence-corrected chi connectivity index (χ2v) is 2.00. The van der Waals surface area contributed by atoms with Crippen LogP contribution in [0.5, 0.6) is 0 Å². The van der Waals surface area contributed by atoms with Gasteiger partial charge in [-0.1, -0.05) is 0 Å². The molecule has 1 N–H and O–H groups in total. The molecule has 1 atom stereocenters. The average Bonchev–Trinajstić information content (AvgIpc) is 2.34.